The van der Waals surface area contributed by atoms with Gasteiger partial charge in [0.15, 0.2) is 0 Å². The topological polar surface area (TPSA) is 55.7 Å². The predicted molar refractivity (Wildman–Crippen MR) is 125 cm³/mol. The third kappa shape index (κ3) is 5.99. The van der Waals surface area contributed by atoms with Crippen molar-refractivity contribution in [3.05, 3.63) is 88.0 Å². The van der Waals surface area contributed by atoms with Crippen LogP contribution in [0.3, 0.4) is 0 Å². The second-order valence-corrected chi connectivity index (χ2v) is 9.31. The number of likely N-dealkylation sites (tertiary alicyclic amines) is 1. The summed E-state index contributed by atoms with van der Waals surface area (Å²) in [5.74, 6) is 1.26. The molecule has 1 aliphatic rings. The van der Waals surface area contributed by atoms with Crippen LogP contribution >= 0.6 is 11.6 Å². The molecule has 0 spiro atoms. The molecule has 1 aromatic heterocycles. The minimum absolute atomic E-state index is 0.0829. The molecule has 1 saturated heterocycles. The van der Waals surface area contributed by atoms with Crippen LogP contribution in [0.5, 0.6) is 0 Å². The fourth-order valence-electron chi connectivity index (χ4n) is 4.91. The van der Waals surface area contributed by atoms with Crippen LogP contribution in [0.4, 0.5) is 13.2 Å². The zero-order valence-electron chi connectivity index (χ0n) is 18.7. The highest BCUT2D eigenvalue weighted by Gasteiger charge is 2.35. The molecule has 0 saturated carbocycles. The van der Waals surface area contributed by atoms with Crippen molar-refractivity contribution in [2.75, 3.05) is 13.1 Å². The molecule has 2 heterocycles. The first-order chi connectivity index (χ1) is 16.3. The first-order valence-electron chi connectivity index (χ1n) is 11.4. The predicted octanol–water partition coefficient (Wildman–Crippen LogP) is 6.27. The fourth-order valence-corrected chi connectivity index (χ4v) is 5.15. The van der Waals surface area contributed by atoms with Gasteiger partial charge in [0.05, 0.1) is 22.7 Å². The van der Waals surface area contributed by atoms with Crippen LogP contribution in [0.2, 0.25) is 5.02 Å². The first-order valence-corrected chi connectivity index (χ1v) is 11.8. The van der Waals surface area contributed by atoms with Crippen LogP contribution in [0.1, 0.15) is 40.9 Å². The van der Waals surface area contributed by atoms with Gasteiger partial charge in [-0.3, -0.25) is 4.90 Å². The normalized spacial score (nSPS) is 17.6. The Labute approximate surface area is 202 Å². The molecule has 178 valence electrons. The number of imidazole rings is 1. The van der Waals surface area contributed by atoms with E-state index >= 15 is 0 Å². The smallest absolute Gasteiger partial charge is 0.348 e. The van der Waals surface area contributed by atoms with Crippen molar-refractivity contribution in [3.63, 3.8) is 0 Å². The van der Waals surface area contributed by atoms with Gasteiger partial charge in [0.1, 0.15) is 11.9 Å². The molecule has 0 bridgehead atoms. The van der Waals surface area contributed by atoms with Gasteiger partial charge in [0.25, 0.3) is 0 Å². The van der Waals surface area contributed by atoms with Crippen LogP contribution in [0.25, 0.3) is 0 Å². The summed E-state index contributed by atoms with van der Waals surface area (Å²) >= 11 is 6.20. The second-order valence-electron chi connectivity index (χ2n) is 8.90. The fraction of sp³-hybridized carbons (Fsp3) is 0.385. The van der Waals surface area contributed by atoms with Crippen molar-refractivity contribution in [1.82, 2.24) is 14.9 Å². The molecule has 8 heteroatoms. The van der Waals surface area contributed by atoms with Crippen molar-refractivity contribution in [1.29, 1.82) is 5.26 Å². The average molecular weight is 487 g/mol. The van der Waals surface area contributed by atoms with Crippen LogP contribution in [0, 0.1) is 23.2 Å². The number of benzene rings is 2. The number of aromatic nitrogens is 2. The van der Waals surface area contributed by atoms with Gasteiger partial charge in [0.2, 0.25) is 0 Å². The number of H-pyrrole nitrogens is 1. The van der Waals surface area contributed by atoms with Gasteiger partial charge in [-0.2, -0.15) is 18.4 Å². The van der Waals surface area contributed by atoms with E-state index in [-0.39, 0.29) is 11.8 Å². The number of nitrogens with zero attached hydrogens (tertiary/aromatic N) is 3. The van der Waals surface area contributed by atoms with E-state index in [4.69, 9.17) is 16.9 Å². The highest BCUT2D eigenvalue weighted by molar-refractivity contribution is 6.31. The number of aryl methyl sites for hydroxylation is 1. The highest BCUT2D eigenvalue weighted by Crippen LogP contribution is 2.36. The monoisotopic (exact) mass is 486 g/mol. The van der Waals surface area contributed by atoms with E-state index < -0.39 is 11.7 Å². The van der Waals surface area contributed by atoms with Crippen molar-refractivity contribution in [2.45, 2.75) is 38.4 Å². The molecule has 0 radical (unpaired) electrons. The quantitative estimate of drug-likeness (QED) is 0.408. The molecule has 2 aromatic carbocycles. The maximum Gasteiger partial charge on any atom is 0.416 e. The van der Waals surface area contributed by atoms with Crippen LogP contribution in [0.15, 0.2) is 54.9 Å². The van der Waals surface area contributed by atoms with E-state index in [1.807, 2.05) is 6.07 Å². The van der Waals surface area contributed by atoms with E-state index in [0.29, 0.717) is 35.5 Å². The largest absolute Gasteiger partial charge is 0.416 e. The van der Waals surface area contributed by atoms with E-state index in [1.165, 1.54) is 12.1 Å². The SMILES string of the molecule is N#Cc1ccc(CCC(Cc2ccccc2C(F)(F)F)C2CCN(Cc3ncc[nH]3)C2)cc1Cl. The standard InChI is InChI=1S/C26H26ClF3N4/c27-24-13-18(6-8-21(24)15-31)5-7-19(14-20-3-1-2-4-23(20)26(28,29)30)22-9-12-34(16-22)17-25-32-10-11-33-25/h1-4,6,8,10-11,13,19,22H,5,7,9,12,14,16-17H2,(H,32,33). The van der Waals surface area contributed by atoms with Crippen molar-refractivity contribution >= 4 is 11.6 Å². The molecule has 2 atom stereocenters. The van der Waals surface area contributed by atoms with E-state index in [0.717, 1.165) is 37.3 Å². The minimum Gasteiger partial charge on any atom is -0.348 e. The Hall–Kier alpha value is -2.82. The molecule has 0 amide bonds. The van der Waals surface area contributed by atoms with Crippen molar-refractivity contribution < 1.29 is 13.2 Å². The summed E-state index contributed by atoms with van der Waals surface area (Å²) in [7, 11) is 0. The Kier molecular flexibility index (Phi) is 7.60. The van der Waals surface area contributed by atoms with Gasteiger partial charge in [-0.15, -0.1) is 0 Å². The van der Waals surface area contributed by atoms with Gasteiger partial charge in [-0.25, -0.2) is 4.98 Å². The lowest BCUT2D eigenvalue weighted by Crippen LogP contribution is -2.25. The number of nitrogens with one attached hydrogen (secondary N) is 1. The summed E-state index contributed by atoms with van der Waals surface area (Å²) in [5.41, 5.74) is 1.21. The van der Waals surface area contributed by atoms with Gasteiger partial charge < -0.3 is 4.98 Å². The van der Waals surface area contributed by atoms with Crippen molar-refractivity contribution in [3.8, 4) is 6.07 Å². The minimum atomic E-state index is -4.37. The zero-order valence-corrected chi connectivity index (χ0v) is 19.4. The Morgan fingerprint density at radius 1 is 1.24 bits per heavy atom. The summed E-state index contributed by atoms with van der Waals surface area (Å²) in [6.45, 7) is 2.43. The lowest BCUT2D eigenvalue weighted by molar-refractivity contribution is -0.138. The summed E-state index contributed by atoms with van der Waals surface area (Å²) < 4.78 is 41.0. The summed E-state index contributed by atoms with van der Waals surface area (Å²) in [6.07, 6.45) is 1.90. The highest BCUT2D eigenvalue weighted by atomic mass is 35.5. The van der Waals surface area contributed by atoms with Gasteiger partial charge >= 0.3 is 6.18 Å². The average Bonchev–Trinajstić information content (AvgIpc) is 3.49. The number of nitriles is 1. The first kappa shape index (κ1) is 24.3. The van der Waals surface area contributed by atoms with E-state index in [2.05, 4.69) is 20.9 Å². The number of aromatic amines is 1. The molecule has 1 fully saturated rings. The molecule has 4 nitrogen and oxygen atoms in total. The maximum atomic E-state index is 13.7. The van der Waals surface area contributed by atoms with Gasteiger partial charge in [-0.1, -0.05) is 35.9 Å². The van der Waals surface area contributed by atoms with E-state index in [1.54, 1.807) is 36.7 Å². The van der Waals surface area contributed by atoms with E-state index in [9.17, 15) is 13.2 Å². The maximum absolute atomic E-state index is 13.7. The number of halogens is 4. The van der Waals surface area contributed by atoms with Gasteiger partial charge in [0, 0.05) is 18.9 Å². The molecule has 4 rings (SSSR count). The molecule has 2 unspecified atom stereocenters. The van der Waals surface area contributed by atoms with Crippen molar-refractivity contribution in [2.24, 2.45) is 11.8 Å². The lowest BCUT2D eigenvalue weighted by Gasteiger charge is -2.26. The lowest BCUT2D eigenvalue weighted by atomic mass is 9.81. The van der Waals surface area contributed by atoms with Crippen LogP contribution in [-0.2, 0) is 25.6 Å². The molecule has 34 heavy (non-hydrogen) atoms. The molecule has 3 aromatic rings. The summed E-state index contributed by atoms with van der Waals surface area (Å²) in [6, 6.07) is 13.3. The molecule has 1 aliphatic heterocycles. The number of hydrogen-bond acceptors (Lipinski definition) is 3. The second kappa shape index (κ2) is 10.6. The van der Waals surface area contributed by atoms with Gasteiger partial charge in [-0.05, 0) is 73.4 Å². The number of hydrogen-bond donors (Lipinski definition) is 1. The molecule has 0 aliphatic carbocycles. The Morgan fingerprint density at radius 3 is 2.76 bits per heavy atom. The molecular formula is C26H26ClF3N4. The Bertz CT molecular complexity index is 1140. The molecule has 1 N–H and O–H groups in total. The Balaban J connectivity index is 1.52. The third-order valence-corrected chi connectivity index (χ3v) is 6.98. The number of alkyl halides is 3. The zero-order chi connectivity index (χ0) is 24.1. The van der Waals surface area contributed by atoms with Crippen LogP contribution in [-0.4, -0.2) is 28.0 Å². The number of rotatable bonds is 8. The molecular weight excluding hydrogens is 461 g/mol. The summed E-state index contributed by atoms with van der Waals surface area (Å²) in [5, 5.41) is 9.51. The summed E-state index contributed by atoms with van der Waals surface area (Å²) in [4.78, 5) is 9.73. The Morgan fingerprint density at radius 2 is 2.06 bits per heavy atom. The third-order valence-electron chi connectivity index (χ3n) is 6.67. The van der Waals surface area contributed by atoms with Crippen LogP contribution < -0.4 is 0 Å².